The summed E-state index contributed by atoms with van der Waals surface area (Å²) in [6.45, 7) is 0. The normalized spacial score (nSPS) is 11.3. The minimum Gasteiger partial charge on any atom is -0.456 e. The molecule has 0 fully saturated rings. The SMILES string of the molecule is c1ccc(-c2cc(-c3ccccc3)cc(N(c3ccccc3)c3ccc4oc5cc(-c6ccccc6)c6ccccc6c5c4c3)c2)cc1. The smallest absolute Gasteiger partial charge is 0.136 e. The second-order valence-corrected chi connectivity index (χ2v) is 12.2. The van der Waals surface area contributed by atoms with Gasteiger partial charge in [-0.1, -0.05) is 133 Å². The molecule has 0 saturated carbocycles. The van der Waals surface area contributed by atoms with E-state index in [0.717, 1.165) is 39.0 Å². The van der Waals surface area contributed by atoms with E-state index in [0.29, 0.717) is 0 Å². The maximum atomic E-state index is 6.60. The lowest BCUT2D eigenvalue weighted by Gasteiger charge is -2.27. The molecule has 226 valence electrons. The van der Waals surface area contributed by atoms with Gasteiger partial charge in [-0.25, -0.2) is 0 Å². The van der Waals surface area contributed by atoms with Gasteiger partial charge in [0.1, 0.15) is 11.2 Å². The molecule has 2 heteroatoms. The Bertz CT molecular complexity index is 2480. The molecule has 0 atom stereocenters. The molecule has 0 bridgehead atoms. The van der Waals surface area contributed by atoms with Crippen LogP contribution in [0.5, 0.6) is 0 Å². The van der Waals surface area contributed by atoms with Gasteiger partial charge in [-0.05, 0) is 98.8 Å². The first-order chi connectivity index (χ1) is 23.8. The van der Waals surface area contributed by atoms with Crippen molar-refractivity contribution in [2.24, 2.45) is 0 Å². The Kier molecular flexibility index (Phi) is 6.84. The molecule has 1 aromatic heterocycles. The molecule has 0 aliphatic rings. The van der Waals surface area contributed by atoms with Gasteiger partial charge in [-0.3, -0.25) is 0 Å². The standard InChI is InChI=1S/C46H31NO/c1-5-15-32(16-6-1)35-27-36(33-17-7-2-8-18-33)29-39(28-35)47(37-21-11-4-12-22-37)38-25-26-44-43(30-38)46-41-24-14-13-23-40(41)42(31-45(46)48-44)34-19-9-3-10-20-34/h1-31H. The Labute approximate surface area is 279 Å². The number of nitrogens with zero attached hydrogens (tertiary/aromatic N) is 1. The third kappa shape index (κ3) is 4.92. The number of hydrogen-bond acceptors (Lipinski definition) is 2. The van der Waals surface area contributed by atoms with Crippen molar-refractivity contribution in [3.63, 3.8) is 0 Å². The van der Waals surface area contributed by atoms with Crippen LogP contribution in [-0.4, -0.2) is 0 Å². The van der Waals surface area contributed by atoms with Crippen molar-refractivity contribution in [2.45, 2.75) is 0 Å². The molecule has 0 amide bonds. The number of anilines is 3. The van der Waals surface area contributed by atoms with Crippen LogP contribution in [0.1, 0.15) is 0 Å². The molecule has 2 nitrogen and oxygen atoms in total. The van der Waals surface area contributed by atoms with E-state index in [1.165, 1.54) is 44.2 Å². The monoisotopic (exact) mass is 613 g/mol. The van der Waals surface area contributed by atoms with E-state index >= 15 is 0 Å². The van der Waals surface area contributed by atoms with E-state index in [4.69, 9.17) is 4.42 Å². The highest BCUT2D eigenvalue weighted by Crippen LogP contribution is 2.44. The van der Waals surface area contributed by atoms with Crippen LogP contribution in [0.2, 0.25) is 0 Å². The molecule has 48 heavy (non-hydrogen) atoms. The van der Waals surface area contributed by atoms with Crippen molar-refractivity contribution < 1.29 is 4.42 Å². The molecule has 0 aliphatic heterocycles. The van der Waals surface area contributed by atoms with E-state index in [1.807, 2.05) is 0 Å². The molecule has 0 radical (unpaired) electrons. The van der Waals surface area contributed by atoms with Crippen molar-refractivity contribution in [3.05, 3.63) is 188 Å². The predicted molar refractivity (Wildman–Crippen MR) is 202 cm³/mol. The van der Waals surface area contributed by atoms with E-state index in [-0.39, 0.29) is 0 Å². The number of para-hydroxylation sites is 1. The van der Waals surface area contributed by atoms with Crippen molar-refractivity contribution >= 4 is 49.8 Å². The third-order valence-electron chi connectivity index (χ3n) is 9.21. The average Bonchev–Trinajstić information content (AvgIpc) is 3.54. The van der Waals surface area contributed by atoms with Gasteiger partial charge in [-0.15, -0.1) is 0 Å². The Hall–Kier alpha value is -6.38. The van der Waals surface area contributed by atoms with Crippen LogP contribution >= 0.6 is 0 Å². The third-order valence-corrected chi connectivity index (χ3v) is 9.21. The second-order valence-electron chi connectivity index (χ2n) is 12.2. The zero-order valence-electron chi connectivity index (χ0n) is 26.3. The largest absolute Gasteiger partial charge is 0.456 e. The summed E-state index contributed by atoms with van der Waals surface area (Å²) in [7, 11) is 0. The molecule has 9 rings (SSSR count). The summed E-state index contributed by atoms with van der Waals surface area (Å²) in [6, 6.07) is 66.8. The van der Waals surface area contributed by atoms with Gasteiger partial charge in [-0.2, -0.15) is 0 Å². The fourth-order valence-corrected chi connectivity index (χ4v) is 6.98. The van der Waals surface area contributed by atoms with Crippen LogP contribution < -0.4 is 4.90 Å². The fourth-order valence-electron chi connectivity index (χ4n) is 6.98. The highest BCUT2D eigenvalue weighted by Gasteiger charge is 2.19. The number of rotatable bonds is 6. The predicted octanol–water partition coefficient (Wildman–Crippen LogP) is 13.2. The van der Waals surface area contributed by atoms with Gasteiger partial charge < -0.3 is 9.32 Å². The molecule has 0 aliphatic carbocycles. The van der Waals surface area contributed by atoms with Crippen LogP contribution in [0.25, 0.3) is 66.1 Å². The highest BCUT2D eigenvalue weighted by atomic mass is 16.3. The number of fused-ring (bicyclic) bond motifs is 5. The maximum Gasteiger partial charge on any atom is 0.136 e. The van der Waals surface area contributed by atoms with E-state index in [1.54, 1.807) is 0 Å². The molecule has 8 aromatic carbocycles. The molecule has 0 spiro atoms. The summed E-state index contributed by atoms with van der Waals surface area (Å²) in [6.07, 6.45) is 0. The molecule has 0 unspecified atom stereocenters. The lowest BCUT2D eigenvalue weighted by Crippen LogP contribution is -2.10. The molecule has 0 N–H and O–H groups in total. The first kappa shape index (κ1) is 27.9. The van der Waals surface area contributed by atoms with E-state index in [9.17, 15) is 0 Å². The van der Waals surface area contributed by atoms with E-state index < -0.39 is 0 Å². The fraction of sp³-hybridized carbons (Fsp3) is 0. The number of benzene rings is 8. The quantitative estimate of drug-likeness (QED) is 0.185. The summed E-state index contributed by atoms with van der Waals surface area (Å²) in [4.78, 5) is 2.36. The van der Waals surface area contributed by atoms with Crippen LogP contribution in [0.15, 0.2) is 192 Å². The maximum absolute atomic E-state index is 6.60. The molecule has 1 heterocycles. The molecular formula is C46H31NO. The minimum absolute atomic E-state index is 0.875. The van der Waals surface area contributed by atoms with Crippen LogP contribution in [0.3, 0.4) is 0 Å². The van der Waals surface area contributed by atoms with Crippen molar-refractivity contribution in [3.8, 4) is 33.4 Å². The number of furan rings is 1. The van der Waals surface area contributed by atoms with Gasteiger partial charge in [0.15, 0.2) is 0 Å². The zero-order valence-corrected chi connectivity index (χ0v) is 26.3. The van der Waals surface area contributed by atoms with Gasteiger partial charge in [0.25, 0.3) is 0 Å². The van der Waals surface area contributed by atoms with Gasteiger partial charge in [0, 0.05) is 27.8 Å². The summed E-state index contributed by atoms with van der Waals surface area (Å²) in [5.74, 6) is 0. The molecule has 0 saturated heterocycles. The van der Waals surface area contributed by atoms with Crippen molar-refractivity contribution in [1.82, 2.24) is 0 Å². The first-order valence-electron chi connectivity index (χ1n) is 16.3. The topological polar surface area (TPSA) is 16.4 Å². The summed E-state index contributed by atoms with van der Waals surface area (Å²) >= 11 is 0. The van der Waals surface area contributed by atoms with Crippen LogP contribution in [0, 0.1) is 0 Å². The highest BCUT2D eigenvalue weighted by molar-refractivity contribution is 6.22. The lowest BCUT2D eigenvalue weighted by molar-refractivity contribution is 0.669. The summed E-state index contributed by atoms with van der Waals surface area (Å²) in [5.41, 5.74) is 12.1. The van der Waals surface area contributed by atoms with Gasteiger partial charge in [0.2, 0.25) is 0 Å². The van der Waals surface area contributed by atoms with E-state index in [2.05, 4.69) is 193 Å². The lowest BCUT2D eigenvalue weighted by atomic mass is 9.95. The summed E-state index contributed by atoms with van der Waals surface area (Å²) < 4.78 is 6.60. The summed E-state index contributed by atoms with van der Waals surface area (Å²) in [5, 5.41) is 4.64. The van der Waals surface area contributed by atoms with Crippen LogP contribution in [-0.2, 0) is 0 Å². The van der Waals surface area contributed by atoms with Crippen molar-refractivity contribution in [1.29, 1.82) is 0 Å². The van der Waals surface area contributed by atoms with Gasteiger partial charge >= 0.3 is 0 Å². The van der Waals surface area contributed by atoms with Crippen LogP contribution in [0.4, 0.5) is 17.1 Å². The molecular weight excluding hydrogens is 583 g/mol. The number of hydrogen-bond donors (Lipinski definition) is 0. The Balaban J connectivity index is 1.29. The molecule has 9 aromatic rings. The Morgan fingerprint density at radius 2 is 0.854 bits per heavy atom. The van der Waals surface area contributed by atoms with Gasteiger partial charge in [0.05, 0.1) is 0 Å². The Morgan fingerprint density at radius 3 is 1.48 bits per heavy atom. The van der Waals surface area contributed by atoms with Crippen molar-refractivity contribution in [2.75, 3.05) is 4.90 Å². The first-order valence-corrected chi connectivity index (χ1v) is 16.3. The second kappa shape index (κ2) is 11.8. The average molecular weight is 614 g/mol. The zero-order chi connectivity index (χ0) is 31.9. The Morgan fingerprint density at radius 1 is 0.312 bits per heavy atom. The minimum atomic E-state index is 0.875.